The number of hydrogen-bond donors (Lipinski definition) is 0. The van der Waals surface area contributed by atoms with Gasteiger partial charge in [0, 0.05) is 6.54 Å². The van der Waals surface area contributed by atoms with E-state index in [1.54, 1.807) is 0 Å². The van der Waals surface area contributed by atoms with Crippen molar-refractivity contribution in [3.8, 4) is 0 Å². The average molecular weight is 315 g/mol. The van der Waals surface area contributed by atoms with Crippen molar-refractivity contribution in [2.45, 2.75) is 46.1 Å². The Morgan fingerprint density at radius 1 is 1.26 bits per heavy atom. The third-order valence-corrected chi connectivity index (χ3v) is 4.15. The second kappa shape index (κ2) is 6.88. The standard InChI is InChI=1S/C20H29NO2/c1-14(19(22)23-20(2,3)4)18-16(11-12-21(5)6)13-15-9-7-8-10-17(15)18/h7-10,14H,11-13H2,1-6H3. The van der Waals surface area contributed by atoms with E-state index in [4.69, 9.17) is 4.74 Å². The van der Waals surface area contributed by atoms with Crippen LogP contribution in [-0.4, -0.2) is 37.1 Å². The quantitative estimate of drug-likeness (QED) is 0.771. The third-order valence-electron chi connectivity index (χ3n) is 4.15. The Morgan fingerprint density at radius 3 is 2.52 bits per heavy atom. The van der Waals surface area contributed by atoms with Gasteiger partial charge in [-0.2, -0.15) is 0 Å². The Morgan fingerprint density at radius 2 is 1.91 bits per heavy atom. The molecule has 0 saturated heterocycles. The fourth-order valence-corrected chi connectivity index (χ4v) is 3.08. The van der Waals surface area contributed by atoms with E-state index in [0.29, 0.717) is 0 Å². The zero-order valence-corrected chi connectivity index (χ0v) is 15.3. The summed E-state index contributed by atoms with van der Waals surface area (Å²) >= 11 is 0. The second-order valence-electron chi connectivity index (χ2n) is 7.66. The van der Waals surface area contributed by atoms with Gasteiger partial charge in [-0.15, -0.1) is 0 Å². The number of benzene rings is 1. The molecule has 0 aromatic heterocycles. The first kappa shape index (κ1) is 17.7. The molecule has 1 aliphatic carbocycles. The molecule has 0 bridgehead atoms. The van der Waals surface area contributed by atoms with E-state index in [1.807, 2.05) is 27.7 Å². The first-order valence-electron chi connectivity index (χ1n) is 8.37. The molecular weight excluding hydrogens is 286 g/mol. The maximum absolute atomic E-state index is 12.6. The fraction of sp³-hybridized carbons (Fsp3) is 0.550. The van der Waals surface area contributed by atoms with Gasteiger partial charge in [0.1, 0.15) is 5.60 Å². The van der Waals surface area contributed by atoms with E-state index in [0.717, 1.165) is 19.4 Å². The minimum Gasteiger partial charge on any atom is -0.460 e. The van der Waals surface area contributed by atoms with Crippen molar-refractivity contribution >= 4 is 11.5 Å². The summed E-state index contributed by atoms with van der Waals surface area (Å²) in [4.78, 5) is 14.8. The average Bonchev–Trinajstić information content (AvgIpc) is 2.80. The first-order valence-corrected chi connectivity index (χ1v) is 8.37. The molecule has 0 fully saturated rings. The summed E-state index contributed by atoms with van der Waals surface area (Å²) in [5.41, 5.74) is 4.65. The van der Waals surface area contributed by atoms with Crippen molar-refractivity contribution < 1.29 is 9.53 Å². The summed E-state index contributed by atoms with van der Waals surface area (Å²) in [7, 11) is 4.17. The molecule has 3 heteroatoms. The van der Waals surface area contributed by atoms with Crippen molar-refractivity contribution in [2.75, 3.05) is 20.6 Å². The van der Waals surface area contributed by atoms with Crippen LogP contribution in [0.1, 0.15) is 45.2 Å². The van der Waals surface area contributed by atoms with E-state index >= 15 is 0 Å². The van der Waals surface area contributed by atoms with Crippen LogP contribution in [0.2, 0.25) is 0 Å². The van der Waals surface area contributed by atoms with Gasteiger partial charge in [-0.3, -0.25) is 4.79 Å². The minimum atomic E-state index is -0.451. The molecule has 1 unspecified atom stereocenters. The van der Waals surface area contributed by atoms with Crippen molar-refractivity contribution in [3.05, 3.63) is 41.0 Å². The van der Waals surface area contributed by atoms with Gasteiger partial charge in [0.2, 0.25) is 0 Å². The van der Waals surface area contributed by atoms with Crippen molar-refractivity contribution in [1.82, 2.24) is 4.90 Å². The fourth-order valence-electron chi connectivity index (χ4n) is 3.08. The molecule has 0 amide bonds. The molecule has 2 rings (SSSR count). The molecule has 126 valence electrons. The highest BCUT2D eigenvalue weighted by atomic mass is 16.6. The summed E-state index contributed by atoms with van der Waals surface area (Å²) in [6.07, 6.45) is 1.94. The Kier molecular flexibility index (Phi) is 5.30. The largest absolute Gasteiger partial charge is 0.460 e. The number of hydrogen-bond acceptors (Lipinski definition) is 3. The SMILES string of the molecule is CC(C(=O)OC(C)(C)C)C1=C(CCN(C)C)Cc2ccccc21. The van der Waals surface area contributed by atoms with Gasteiger partial charge in [0.25, 0.3) is 0 Å². The zero-order chi connectivity index (χ0) is 17.2. The molecular formula is C20H29NO2. The van der Waals surface area contributed by atoms with Gasteiger partial charge in [0.05, 0.1) is 5.92 Å². The molecule has 0 spiro atoms. The Hall–Kier alpha value is -1.61. The smallest absolute Gasteiger partial charge is 0.313 e. The van der Waals surface area contributed by atoms with E-state index in [9.17, 15) is 4.79 Å². The van der Waals surface area contributed by atoms with Gasteiger partial charge >= 0.3 is 5.97 Å². The molecule has 1 atom stereocenters. The lowest BCUT2D eigenvalue weighted by atomic mass is 9.92. The molecule has 0 radical (unpaired) electrons. The summed E-state index contributed by atoms with van der Waals surface area (Å²) in [6.45, 7) is 8.72. The first-order chi connectivity index (χ1) is 10.7. The maximum atomic E-state index is 12.6. The molecule has 1 aromatic rings. The number of carbonyl (C=O) groups is 1. The molecule has 0 aliphatic heterocycles. The summed E-state index contributed by atoms with van der Waals surface area (Å²) in [6, 6.07) is 8.42. The zero-order valence-electron chi connectivity index (χ0n) is 15.3. The molecule has 3 nitrogen and oxygen atoms in total. The topological polar surface area (TPSA) is 29.5 Å². The number of fused-ring (bicyclic) bond motifs is 1. The maximum Gasteiger partial charge on any atom is 0.313 e. The number of ether oxygens (including phenoxy) is 1. The van der Waals surface area contributed by atoms with Crippen molar-refractivity contribution in [2.24, 2.45) is 5.92 Å². The molecule has 23 heavy (non-hydrogen) atoms. The van der Waals surface area contributed by atoms with Crippen molar-refractivity contribution in [1.29, 1.82) is 0 Å². The number of rotatable bonds is 5. The van der Waals surface area contributed by atoms with Gasteiger partial charge in [0.15, 0.2) is 0 Å². The molecule has 0 saturated carbocycles. The van der Waals surface area contributed by atoms with Gasteiger partial charge in [-0.25, -0.2) is 0 Å². The molecule has 1 aliphatic rings. The van der Waals surface area contributed by atoms with Crippen LogP contribution >= 0.6 is 0 Å². The minimum absolute atomic E-state index is 0.133. The highest BCUT2D eigenvalue weighted by Crippen LogP contribution is 2.39. The molecule has 1 aromatic carbocycles. The van der Waals surface area contributed by atoms with Crippen LogP contribution in [0.4, 0.5) is 0 Å². The van der Waals surface area contributed by atoms with E-state index in [1.165, 1.54) is 22.3 Å². The lowest BCUT2D eigenvalue weighted by Gasteiger charge is -2.24. The summed E-state index contributed by atoms with van der Waals surface area (Å²) in [5.74, 6) is -0.360. The lowest BCUT2D eigenvalue weighted by molar-refractivity contribution is -0.157. The normalized spacial score (nSPS) is 15.8. The van der Waals surface area contributed by atoms with Crippen LogP contribution in [0.15, 0.2) is 29.8 Å². The highest BCUT2D eigenvalue weighted by Gasteiger charge is 2.31. The van der Waals surface area contributed by atoms with Crippen molar-refractivity contribution in [3.63, 3.8) is 0 Å². The van der Waals surface area contributed by atoms with Crippen LogP contribution in [0.25, 0.3) is 5.57 Å². The Bertz CT molecular complexity index is 608. The number of nitrogens with zero attached hydrogens (tertiary/aromatic N) is 1. The van der Waals surface area contributed by atoms with Crippen LogP contribution < -0.4 is 0 Å². The van der Waals surface area contributed by atoms with Crippen LogP contribution in [0.3, 0.4) is 0 Å². The predicted octanol–water partition coefficient (Wildman–Crippen LogP) is 3.93. The lowest BCUT2D eigenvalue weighted by Crippen LogP contribution is -2.28. The summed E-state index contributed by atoms with van der Waals surface area (Å²) in [5, 5.41) is 0. The van der Waals surface area contributed by atoms with E-state index in [-0.39, 0.29) is 11.9 Å². The third kappa shape index (κ3) is 4.44. The Balaban J connectivity index is 2.31. The van der Waals surface area contributed by atoms with Crippen LogP contribution in [-0.2, 0) is 16.0 Å². The highest BCUT2D eigenvalue weighted by molar-refractivity contribution is 5.92. The second-order valence-corrected chi connectivity index (χ2v) is 7.66. The number of carbonyl (C=O) groups excluding carboxylic acids is 1. The predicted molar refractivity (Wildman–Crippen MR) is 95.2 cm³/mol. The van der Waals surface area contributed by atoms with Gasteiger partial charge in [-0.05, 0) is 71.3 Å². The van der Waals surface area contributed by atoms with Crippen LogP contribution in [0.5, 0.6) is 0 Å². The van der Waals surface area contributed by atoms with Gasteiger partial charge in [-0.1, -0.05) is 29.8 Å². The van der Waals surface area contributed by atoms with Crippen LogP contribution in [0, 0.1) is 5.92 Å². The van der Waals surface area contributed by atoms with E-state index in [2.05, 4.69) is 43.3 Å². The van der Waals surface area contributed by atoms with E-state index < -0.39 is 5.60 Å². The van der Waals surface area contributed by atoms with Gasteiger partial charge < -0.3 is 9.64 Å². The molecule has 0 heterocycles. The monoisotopic (exact) mass is 315 g/mol. The molecule has 0 N–H and O–H groups in total. The number of esters is 1. The summed E-state index contributed by atoms with van der Waals surface area (Å²) < 4.78 is 5.62. The Labute approximate surface area is 140 Å².